The first-order valence-electron chi connectivity index (χ1n) is 7.69. The molecule has 2 N–H and O–H groups in total. The molecule has 1 atom stereocenters. The molecule has 1 aliphatic heterocycles. The smallest absolute Gasteiger partial charge is 0.350 e. The van der Waals surface area contributed by atoms with Crippen LogP contribution in [0.25, 0.3) is 0 Å². The Morgan fingerprint density at radius 3 is 2.16 bits per heavy atom. The minimum Gasteiger partial charge on any atom is -0.350 e. The lowest BCUT2D eigenvalue weighted by atomic mass is 10.1. The number of rotatable bonds is 5. The Balaban J connectivity index is 0.00000312. The number of alkyl halides is 3. The molecule has 2 rings (SSSR count). The number of nitrogens with one attached hydrogen (secondary N) is 2. The number of hydrogen-bond donors (Lipinski definition) is 2. The van der Waals surface area contributed by atoms with E-state index in [1.165, 1.54) is 36.1 Å². The van der Waals surface area contributed by atoms with Crippen molar-refractivity contribution in [2.75, 3.05) is 32.7 Å². The molecule has 0 bridgehead atoms. The zero-order valence-corrected chi connectivity index (χ0v) is 14.5. The Morgan fingerprint density at radius 1 is 1.16 bits per heavy atom. The maximum atomic E-state index is 13.2. The van der Waals surface area contributed by atoms with Crippen LogP contribution in [0.1, 0.15) is 27.6 Å². The number of piperazine rings is 1. The van der Waals surface area contributed by atoms with Crippen LogP contribution >= 0.6 is 12.4 Å². The van der Waals surface area contributed by atoms with Crippen LogP contribution in [-0.4, -0.2) is 61.5 Å². The molecule has 5 nitrogen and oxygen atoms in total. The number of hydrogen-bond acceptors (Lipinski definition) is 4. The summed E-state index contributed by atoms with van der Waals surface area (Å²) in [6.45, 7) is 2.45. The van der Waals surface area contributed by atoms with E-state index in [1.54, 1.807) is 0 Å². The van der Waals surface area contributed by atoms with Gasteiger partial charge in [0.2, 0.25) is 0 Å². The molecule has 0 aliphatic carbocycles. The Labute approximate surface area is 150 Å². The van der Waals surface area contributed by atoms with Gasteiger partial charge in [-0.15, -0.1) is 12.4 Å². The number of benzene rings is 1. The van der Waals surface area contributed by atoms with Crippen molar-refractivity contribution in [2.45, 2.75) is 19.1 Å². The summed E-state index contributed by atoms with van der Waals surface area (Å²) in [5, 5.41) is 5.35. The van der Waals surface area contributed by atoms with Gasteiger partial charge in [0.05, 0.1) is 0 Å². The SMILES string of the molecule is CC(=O)c1ccc(C(=O)NCC(N2CCNCC2)C(F)(F)F)cc1.Cl. The van der Waals surface area contributed by atoms with Gasteiger partial charge in [-0.25, -0.2) is 0 Å². The predicted molar refractivity (Wildman–Crippen MR) is 90.3 cm³/mol. The van der Waals surface area contributed by atoms with Crippen molar-refractivity contribution < 1.29 is 22.8 Å². The molecular formula is C16H21ClF3N3O2. The molecule has 0 aromatic heterocycles. The monoisotopic (exact) mass is 379 g/mol. The van der Waals surface area contributed by atoms with Gasteiger partial charge in [0, 0.05) is 43.9 Å². The van der Waals surface area contributed by atoms with Gasteiger partial charge >= 0.3 is 6.18 Å². The molecule has 1 unspecified atom stereocenters. The van der Waals surface area contributed by atoms with Gasteiger partial charge < -0.3 is 10.6 Å². The summed E-state index contributed by atoms with van der Waals surface area (Å²) in [6, 6.07) is 4.11. The van der Waals surface area contributed by atoms with E-state index in [0.717, 1.165) is 0 Å². The van der Waals surface area contributed by atoms with Gasteiger partial charge in [-0.3, -0.25) is 14.5 Å². The first-order valence-corrected chi connectivity index (χ1v) is 7.69. The zero-order chi connectivity index (χ0) is 17.7. The molecule has 1 saturated heterocycles. The minimum absolute atomic E-state index is 0. The second kappa shape index (κ2) is 9.17. The van der Waals surface area contributed by atoms with Crippen LogP contribution in [0.15, 0.2) is 24.3 Å². The molecule has 140 valence electrons. The molecule has 1 aliphatic rings. The normalized spacial score (nSPS) is 16.6. The average molecular weight is 380 g/mol. The molecule has 25 heavy (non-hydrogen) atoms. The molecule has 0 radical (unpaired) electrons. The van der Waals surface area contributed by atoms with Gasteiger partial charge in [0.25, 0.3) is 5.91 Å². The lowest BCUT2D eigenvalue weighted by Crippen LogP contribution is -2.57. The second-order valence-electron chi connectivity index (χ2n) is 5.69. The molecule has 0 spiro atoms. The highest BCUT2D eigenvalue weighted by Gasteiger charge is 2.43. The fourth-order valence-corrected chi connectivity index (χ4v) is 2.59. The van der Waals surface area contributed by atoms with Gasteiger partial charge in [-0.1, -0.05) is 12.1 Å². The lowest BCUT2D eigenvalue weighted by molar-refractivity contribution is -0.183. The molecule has 1 fully saturated rings. The maximum Gasteiger partial charge on any atom is 0.405 e. The number of Topliss-reactive ketones (excluding diaryl/α,β-unsaturated/α-hetero) is 1. The Kier molecular flexibility index (Phi) is 7.85. The van der Waals surface area contributed by atoms with E-state index in [2.05, 4.69) is 10.6 Å². The van der Waals surface area contributed by atoms with Crippen molar-refractivity contribution in [3.05, 3.63) is 35.4 Å². The Hall–Kier alpha value is -1.64. The van der Waals surface area contributed by atoms with Crippen molar-refractivity contribution in [3.8, 4) is 0 Å². The third kappa shape index (κ3) is 5.98. The van der Waals surface area contributed by atoms with Crippen LogP contribution in [0.5, 0.6) is 0 Å². The highest BCUT2D eigenvalue weighted by Crippen LogP contribution is 2.24. The molecule has 9 heteroatoms. The van der Waals surface area contributed by atoms with Crippen LogP contribution in [-0.2, 0) is 0 Å². The summed E-state index contributed by atoms with van der Waals surface area (Å²) in [6.07, 6.45) is -4.41. The predicted octanol–water partition coefficient (Wildman–Crippen LogP) is 1.88. The summed E-state index contributed by atoms with van der Waals surface area (Å²) in [7, 11) is 0. The zero-order valence-electron chi connectivity index (χ0n) is 13.7. The maximum absolute atomic E-state index is 13.2. The van der Waals surface area contributed by atoms with Gasteiger partial charge in [0.1, 0.15) is 6.04 Å². The van der Waals surface area contributed by atoms with Crippen LogP contribution < -0.4 is 10.6 Å². The standard InChI is InChI=1S/C16H20F3N3O2.ClH/c1-11(23)12-2-4-13(5-3-12)15(24)21-10-14(16(17,18)19)22-8-6-20-7-9-22;/h2-5,14,20H,6-10H2,1H3,(H,21,24);1H. The number of carbonyl (C=O) groups excluding carboxylic acids is 2. The summed E-state index contributed by atoms with van der Waals surface area (Å²) in [4.78, 5) is 24.6. The largest absolute Gasteiger partial charge is 0.405 e. The first-order chi connectivity index (χ1) is 11.3. The van der Waals surface area contributed by atoms with Gasteiger partial charge in [-0.05, 0) is 19.1 Å². The van der Waals surface area contributed by atoms with Crippen molar-refractivity contribution in [2.24, 2.45) is 0 Å². The van der Waals surface area contributed by atoms with Gasteiger partial charge in [-0.2, -0.15) is 13.2 Å². The fourth-order valence-electron chi connectivity index (χ4n) is 2.59. The van der Waals surface area contributed by atoms with E-state index in [4.69, 9.17) is 0 Å². The number of amides is 1. The van der Waals surface area contributed by atoms with E-state index >= 15 is 0 Å². The van der Waals surface area contributed by atoms with Crippen LogP contribution in [0.4, 0.5) is 13.2 Å². The van der Waals surface area contributed by atoms with E-state index in [0.29, 0.717) is 18.7 Å². The first kappa shape index (κ1) is 21.4. The van der Waals surface area contributed by atoms with E-state index in [-0.39, 0.29) is 36.8 Å². The highest BCUT2D eigenvalue weighted by molar-refractivity contribution is 5.97. The van der Waals surface area contributed by atoms with Crippen molar-refractivity contribution in [3.63, 3.8) is 0 Å². The topological polar surface area (TPSA) is 61.4 Å². The van der Waals surface area contributed by atoms with E-state index in [9.17, 15) is 22.8 Å². The van der Waals surface area contributed by atoms with Crippen LogP contribution in [0.3, 0.4) is 0 Å². The fraction of sp³-hybridized carbons (Fsp3) is 0.500. The molecular weight excluding hydrogens is 359 g/mol. The highest BCUT2D eigenvalue weighted by atomic mass is 35.5. The molecule has 0 saturated carbocycles. The lowest BCUT2D eigenvalue weighted by Gasteiger charge is -2.35. The quantitative estimate of drug-likeness (QED) is 0.767. The van der Waals surface area contributed by atoms with E-state index in [1.807, 2.05) is 0 Å². The van der Waals surface area contributed by atoms with Crippen LogP contribution in [0.2, 0.25) is 0 Å². The molecule has 1 heterocycles. The summed E-state index contributed by atoms with van der Waals surface area (Å²) < 4.78 is 39.7. The summed E-state index contributed by atoms with van der Waals surface area (Å²) >= 11 is 0. The van der Waals surface area contributed by atoms with Crippen molar-refractivity contribution >= 4 is 24.1 Å². The number of nitrogens with zero attached hydrogens (tertiary/aromatic N) is 1. The number of ketones is 1. The van der Waals surface area contributed by atoms with Crippen molar-refractivity contribution in [1.29, 1.82) is 0 Å². The molecule has 1 aromatic rings. The summed E-state index contributed by atoms with van der Waals surface area (Å²) in [5.74, 6) is -0.729. The second-order valence-corrected chi connectivity index (χ2v) is 5.69. The van der Waals surface area contributed by atoms with Crippen LogP contribution in [0, 0.1) is 0 Å². The third-order valence-corrected chi connectivity index (χ3v) is 3.98. The number of carbonyl (C=O) groups is 2. The minimum atomic E-state index is -4.41. The average Bonchev–Trinajstić information content (AvgIpc) is 2.54. The summed E-state index contributed by atoms with van der Waals surface area (Å²) in [5.41, 5.74) is 0.668. The Bertz CT molecular complexity index is 587. The van der Waals surface area contributed by atoms with Gasteiger partial charge in [0.15, 0.2) is 5.78 Å². The molecule has 1 amide bonds. The van der Waals surface area contributed by atoms with E-state index < -0.39 is 24.7 Å². The number of halogens is 4. The third-order valence-electron chi connectivity index (χ3n) is 3.98. The van der Waals surface area contributed by atoms with Crippen molar-refractivity contribution in [1.82, 2.24) is 15.5 Å². The Morgan fingerprint density at radius 2 is 1.68 bits per heavy atom. The molecule has 1 aromatic carbocycles.